The molecule has 2 aromatic heterocycles. The molecule has 1 amide bonds. The van der Waals surface area contributed by atoms with Crippen LogP contribution in [0.15, 0.2) is 36.8 Å². The van der Waals surface area contributed by atoms with Crippen LogP contribution in [0.25, 0.3) is 0 Å². The molecule has 0 saturated heterocycles. The molecule has 0 spiro atoms. The van der Waals surface area contributed by atoms with Crippen LogP contribution in [0.2, 0.25) is 5.02 Å². The molecule has 0 bridgehead atoms. The van der Waals surface area contributed by atoms with Gasteiger partial charge in [0.2, 0.25) is 0 Å². The van der Waals surface area contributed by atoms with Crippen LogP contribution >= 0.6 is 11.6 Å². The Morgan fingerprint density at radius 1 is 1.26 bits per heavy atom. The number of amides is 1. The fraction of sp³-hybridized carbons (Fsp3) is 0. The van der Waals surface area contributed by atoms with Crippen molar-refractivity contribution in [2.24, 2.45) is 0 Å². The summed E-state index contributed by atoms with van der Waals surface area (Å²) in [7, 11) is 0. The molecule has 0 aliphatic carbocycles. The Bertz CT molecular complexity index is 646. The highest BCUT2D eigenvalue weighted by Gasteiger charge is 2.10. The molecule has 6 nitrogen and oxygen atoms in total. The maximum atomic E-state index is 11.8. The number of aromatic carboxylic acids is 1. The van der Waals surface area contributed by atoms with Gasteiger partial charge in [0.05, 0.1) is 17.4 Å². The van der Waals surface area contributed by atoms with Crippen LogP contribution in [0.5, 0.6) is 0 Å². The van der Waals surface area contributed by atoms with Crippen molar-refractivity contribution < 1.29 is 14.7 Å². The first-order chi connectivity index (χ1) is 9.06. The number of hydrogen-bond donors (Lipinski definition) is 2. The molecule has 2 rings (SSSR count). The Morgan fingerprint density at radius 3 is 2.74 bits per heavy atom. The van der Waals surface area contributed by atoms with Gasteiger partial charge in [0.1, 0.15) is 5.69 Å². The van der Waals surface area contributed by atoms with Gasteiger partial charge in [-0.05, 0) is 18.2 Å². The normalized spacial score (nSPS) is 9.95. The van der Waals surface area contributed by atoms with Crippen LogP contribution in [-0.2, 0) is 0 Å². The van der Waals surface area contributed by atoms with Gasteiger partial charge in [-0.2, -0.15) is 0 Å². The highest BCUT2D eigenvalue weighted by molar-refractivity contribution is 6.30. The van der Waals surface area contributed by atoms with Crippen LogP contribution in [0.3, 0.4) is 0 Å². The number of carbonyl (C=O) groups excluding carboxylic acids is 1. The highest BCUT2D eigenvalue weighted by atomic mass is 35.5. The lowest BCUT2D eigenvalue weighted by molar-refractivity contribution is 0.0696. The number of nitrogens with one attached hydrogen (secondary N) is 1. The summed E-state index contributed by atoms with van der Waals surface area (Å²) in [5.74, 6) is -1.61. The Labute approximate surface area is 113 Å². The SMILES string of the molecule is O=C(O)c1cncc(NC(=O)c2cc(Cl)ccn2)c1. The second-order valence-electron chi connectivity index (χ2n) is 3.58. The summed E-state index contributed by atoms with van der Waals surface area (Å²) in [5, 5.41) is 11.7. The molecule has 0 aromatic carbocycles. The molecule has 0 aliphatic heterocycles. The van der Waals surface area contributed by atoms with Crippen LogP contribution in [0.4, 0.5) is 5.69 Å². The molecule has 0 fully saturated rings. The number of halogens is 1. The molecular weight excluding hydrogens is 270 g/mol. The van der Waals surface area contributed by atoms with E-state index in [1.165, 1.54) is 30.7 Å². The molecule has 0 saturated carbocycles. The van der Waals surface area contributed by atoms with Gasteiger partial charge >= 0.3 is 5.97 Å². The van der Waals surface area contributed by atoms with Gasteiger partial charge in [-0.3, -0.25) is 14.8 Å². The fourth-order valence-corrected chi connectivity index (χ4v) is 1.51. The van der Waals surface area contributed by atoms with E-state index in [-0.39, 0.29) is 16.9 Å². The minimum Gasteiger partial charge on any atom is -0.478 e. The third-order valence-electron chi connectivity index (χ3n) is 2.20. The number of nitrogens with zero attached hydrogens (tertiary/aromatic N) is 2. The third-order valence-corrected chi connectivity index (χ3v) is 2.43. The van der Waals surface area contributed by atoms with Gasteiger partial charge in [-0.1, -0.05) is 11.6 Å². The van der Waals surface area contributed by atoms with E-state index in [1.807, 2.05) is 0 Å². The summed E-state index contributed by atoms with van der Waals surface area (Å²) < 4.78 is 0. The van der Waals surface area contributed by atoms with E-state index in [9.17, 15) is 9.59 Å². The number of carboxylic acid groups (broad SMARTS) is 1. The first-order valence-electron chi connectivity index (χ1n) is 5.17. The zero-order valence-electron chi connectivity index (χ0n) is 9.50. The summed E-state index contributed by atoms with van der Waals surface area (Å²) in [6.45, 7) is 0. The van der Waals surface area contributed by atoms with Crippen molar-refractivity contribution in [3.8, 4) is 0 Å². The zero-order valence-corrected chi connectivity index (χ0v) is 10.3. The molecule has 2 aromatic rings. The fourth-order valence-electron chi connectivity index (χ4n) is 1.35. The molecule has 2 heterocycles. The standard InChI is InChI=1S/C12H8ClN3O3/c13-8-1-2-15-10(4-8)11(17)16-9-3-7(12(18)19)5-14-6-9/h1-6H,(H,16,17)(H,18,19). The number of rotatable bonds is 3. The predicted molar refractivity (Wildman–Crippen MR) is 68.4 cm³/mol. The van der Waals surface area contributed by atoms with Gasteiger partial charge in [0.15, 0.2) is 0 Å². The van der Waals surface area contributed by atoms with Crippen molar-refractivity contribution in [2.45, 2.75) is 0 Å². The van der Waals surface area contributed by atoms with Gasteiger partial charge in [-0.15, -0.1) is 0 Å². The molecular formula is C12H8ClN3O3. The third kappa shape index (κ3) is 3.26. The lowest BCUT2D eigenvalue weighted by atomic mass is 10.2. The second kappa shape index (κ2) is 5.45. The van der Waals surface area contributed by atoms with Crippen LogP contribution < -0.4 is 5.32 Å². The average molecular weight is 278 g/mol. The van der Waals surface area contributed by atoms with Gasteiger partial charge in [0, 0.05) is 17.4 Å². The van der Waals surface area contributed by atoms with Crippen molar-refractivity contribution in [1.29, 1.82) is 0 Å². The Morgan fingerprint density at radius 2 is 2.05 bits per heavy atom. The van der Waals surface area contributed by atoms with Crippen LogP contribution in [-0.4, -0.2) is 27.0 Å². The van der Waals surface area contributed by atoms with Crippen LogP contribution in [0, 0.1) is 0 Å². The summed E-state index contributed by atoms with van der Waals surface area (Å²) in [6, 6.07) is 4.26. The average Bonchev–Trinajstić information content (AvgIpc) is 2.39. The van der Waals surface area contributed by atoms with E-state index in [2.05, 4.69) is 15.3 Å². The topological polar surface area (TPSA) is 92.2 Å². The number of aromatic nitrogens is 2. The minimum atomic E-state index is -1.12. The number of carbonyl (C=O) groups is 2. The summed E-state index contributed by atoms with van der Waals surface area (Å²) in [5.41, 5.74) is 0.386. The van der Waals surface area contributed by atoms with Gasteiger partial charge in [0.25, 0.3) is 5.91 Å². The highest BCUT2D eigenvalue weighted by Crippen LogP contribution is 2.12. The van der Waals surface area contributed by atoms with E-state index in [0.29, 0.717) is 5.02 Å². The molecule has 2 N–H and O–H groups in total. The molecule has 19 heavy (non-hydrogen) atoms. The van der Waals surface area contributed by atoms with Crippen molar-refractivity contribution in [3.63, 3.8) is 0 Å². The molecule has 0 atom stereocenters. The van der Waals surface area contributed by atoms with Crippen molar-refractivity contribution in [2.75, 3.05) is 5.32 Å². The lowest BCUT2D eigenvalue weighted by Crippen LogP contribution is -2.14. The second-order valence-corrected chi connectivity index (χ2v) is 4.02. The van der Waals surface area contributed by atoms with Gasteiger partial charge in [-0.25, -0.2) is 4.79 Å². The minimum absolute atomic E-state index is 0.0168. The molecule has 7 heteroatoms. The molecule has 0 unspecified atom stereocenters. The monoisotopic (exact) mass is 277 g/mol. The number of hydrogen-bond acceptors (Lipinski definition) is 4. The van der Waals surface area contributed by atoms with E-state index >= 15 is 0 Å². The Hall–Kier alpha value is -2.47. The first-order valence-corrected chi connectivity index (χ1v) is 5.55. The lowest BCUT2D eigenvalue weighted by Gasteiger charge is -2.05. The largest absolute Gasteiger partial charge is 0.478 e. The van der Waals surface area contributed by atoms with Crippen molar-refractivity contribution in [3.05, 3.63) is 53.1 Å². The maximum absolute atomic E-state index is 11.8. The molecule has 0 aliphatic rings. The van der Waals surface area contributed by atoms with Gasteiger partial charge < -0.3 is 10.4 Å². The summed E-state index contributed by atoms with van der Waals surface area (Å²) in [6.07, 6.45) is 3.94. The van der Waals surface area contributed by atoms with Crippen molar-refractivity contribution >= 4 is 29.2 Å². The van der Waals surface area contributed by atoms with Crippen molar-refractivity contribution in [1.82, 2.24) is 9.97 Å². The summed E-state index contributed by atoms with van der Waals surface area (Å²) in [4.78, 5) is 30.2. The quantitative estimate of drug-likeness (QED) is 0.896. The zero-order chi connectivity index (χ0) is 13.8. The number of pyridine rings is 2. The maximum Gasteiger partial charge on any atom is 0.337 e. The van der Waals surface area contributed by atoms with E-state index in [0.717, 1.165) is 0 Å². The van der Waals surface area contributed by atoms with Crippen LogP contribution in [0.1, 0.15) is 20.8 Å². The number of carboxylic acids is 1. The first kappa shape index (κ1) is 13.0. The Balaban J connectivity index is 2.19. The molecule has 0 radical (unpaired) electrons. The van der Waals surface area contributed by atoms with E-state index in [4.69, 9.17) is 16.7 Å². The van der Waals surface area contributed by atoms with E-state index in [1.54, 1.807) is 6.07 Å². The molecule has 96 valence electrons. The predicted octanol–water partition coefficient (Wildman–Crippen LogP) is 2.08. The summed E-state index contributed by atoms with van der Waals surface area (Å²) >= 11 is 5.75. The van der Waals surface area contributed by atoms with E-state index < -0.39 is 11.9 Å². The number of anilines is 1. The Kier molecular flexibility index (Phi) is 3.72. The smallest absolute Gasteiger partial charge is 0.337 e.